The Bertz CT molecular complexity index is 239. The standard InChI is InChI=1S/C10H15NOS/c12-10(7-2-1-3-7)11-5-9-4-8(11)6-13-9/h7-9H,1-6H2. The Morgan fingerprint density at radius 1 is 1.38 bits per heavy atom. The zero-order chi connectivity index (χ0) is 8.84. The van der Waals surface area contributed by atoms with Crippen molar-refractivity contribution in [1.82, 2.24) is 4.90 Å². The molecule has 2 saturated heterocycles. The molecule has 0 aromatic rings. The van der Waals surface area contributed by atoms with Crippen LogP contribution in [0, 0.1) is 5.92 Å². The lowest BCUT2D eigenvalue weighted by Gasteiger charge is -2.33. The molecule has 2 nitrogen and oxygen atoms in total. The molecular weight excluding hydrogens is 182 g/mol. The zero-order valence-corrected chi connectivity index (χ0v) is 8.55. The molecule has 2 unspecified atom stereocenters. The van der Waals surface area contributed by atoms with E-state index in [4.69, 9.17) is 0 Å². The topological polar surface area (TPSA) is 20.3 Å². The Kier molecular flexibility index (Phi) is 1.82. The highest BCUT2D eigenvalue weighted by atomic mass is 32.2. The highest BCUT2D eigenvalue weighted by Gasteiger charge is 2.43. The maximum Gasteiger partial charge on any atom is 0.225 e. The summed E-state index contributed by atoms with van der Waals surface area (Å²) < 4.78 is 0. The van der Waals surface area contributed by atoms with Crippen LogP contribution in [0.3, 0.4) is 0 Å². The van der Waals surface area contributed by atoms with Crippen LogP contribution in [0.15, 0.2) is 0 Å². The SMILES string of the molecule is O=C(C1CCC1)N1CC2CC1CS2. The normalized spacial score (nSPS) is 38.0. The van der Waals surface area contributed by atoms with Gasteiger partial charge in [-0.3, -0.25) is 4.79 Å². The van der Waals surface area contributed by atoms with Gasteiger partial charge in [-0.05, 0) is 19.3 Å². The predicted octanol–water partition coefficient (Wildman–Crippen LogP) is 1.50. The minimum absolute atomic E-state index is 0.407. The van der Waals surface area contributed by atoms with E-state index >= 15 is 0 Å². The fraction of sp³-hybridized carbons (Fsp3) is 0.900. The molecule has 2 heterocycles. The van der Waals surface area contributed by atoms with Crippen molar-refractivity contribution in [2.75, 3.05) is 12.3 Å². The predicted molar refractivity (Wildman–Crippen MR) is 53.7 cm³/mol. The van der Waals surface area contributed by atoms with E-state index in [9.17, 15) is 4.79 Å². The van der Waals surface area contributed by atoms with Gasteiger partial charge < -0.3 is 4.90 Å². The summed E-state index contributed by atoms with van der Waals surface area (Å²) in [6.07, 6.45) is 4.84. The molecule has 0 aromatic heterocycles. The van der Waals surface area contributed by atoms with Gasteiger partial charge >= 0.3 is 0 Å². The molecule has 1 aliphatic carbocycles. The summed E-state index contributed by atoms with van der Waals surface area (Å²) in [5.74, 6) is 2.08. The Morgan fingerprint density at radius 3 is 2.69 bits per heavy atom. The van der Waals surface area contributed by atoms with E-state index in [1.165, 1.54) is 18.6 Å². The van der Waals surface area contributed by atoms with Crippen LogP contribution in [0.1, 0.15) is 25.7 Å². The van der Waals surface area contributed by atoms with Gasteiger partial charge in [-0.1, -0.05) is 6.42 Å². The Balaban J connectivity index is 1.68. The summed E-state index contributed by atoms with van der Waals surface area (Å²) in [6.45, 7) is 1.05. The van der Waals surface area contributed by atoms with Gasteiger partial charge in [0, 0.05) is 29.5 Å². The summed E-state index contributed by atoms with van der Waals surface area (Å²) >= 11 is 2.06. The Labute approximate surface area is 83.1 Å². The first-order chi connectivity index (χ1) is 6.34. The Morgan fingerprint density at radius 2 is 2.23 bits per heavy atom. The van der Waals surface area contributed by atoms with Gasteiger partial charge in [-0.2, -0.15) is 11.8 Å². The molecule has 2 aliphatic heterocycles. The summed E-state index contributed by atoms with van der Waals surface area (Å²) in [4.78, 5) is 14.1. The average molecular weight is 197 g/mol. The van der Waals surface area contributed by atoms with E-state index in [2.05, 4.69) is 16.7 Å². The van der Waals surface area contributed by atoms with E-state index in [1.807, 2.05) is 0 Å². The quantitative estimate of drug-likeness (QED) is 0.635. The molecule has 3 rings (SSSR count). The lowest BCUT2D eigenvalue weighted by molar-refractivity contribution is -0.138. The molecule has 3 fully saturated rings. The zero-order valence-electron chi connectivity index (χ0n) is 7.74. The van der Waals surface area contributed by atoms with Gasteiger partial charge in [0.05, 0.1) is 0 Å². The first kappa shape index (κ1) is 8.16. The minimum Gasteiger partial charge on any atom is -0.337 e. The summed E-state index contributed by atoms with van der Waals surface area (Å²) in [5.41, 5.74) is 0. The van der Waals surface area contributed by atoms with Crippen LogP contribution in [-0.4, -0.2) is 34.4 Å². The van der Waals surface area contributed by atoms with Crippen LogP contribution in [-0.2, 0) is 4.79 Å². The third-order valence-corrected chi connectivity index (χ3v) is 5.03. The smallest absolute Gasteiger partial charge is 0.225 e. The number of carbonyl (C=O) groups excluding carboxylic acids is 1. The van der Waals surface area contributed by atoms with Crippen molar-refractivity contribution in [3.63, 3.8) is 0 Å². The lowest BCUT2D eigenvalue weighted by Crippen LogP contribution is -2.44. The number of rotatable bonds is 1. The number of thioether (sulfide) groups is 1. The van der Waals surface area contributed by atoms with Gasteiger partial charge in [0.15, 0.2) is 0 Å². The van der Waals surface area contributed by atoms with Crippen LogP contribution in [0.25, 0.3) is 0 Å². The molecule has 1 saturated carbocycles. The second-order valence-corrected chi connectivity index (χ2v) is 5.80. The molecule has 3 aliphatic rings. The highest BCUT2D eigenvalue weighted by molar-refractivity contribution is 8.00. The average Bonchev–Trinajstić information content (AvgIpc) is 2.59. The van der Waals surface area contributed by atoms with Crippen LogP contribution in [0.5, 0.6) is 0 Å². The lowest BCUT2D eigenvalue weighted by atomic mass is 9.84. The Hall–Kier alpha value is -0.180. The van der Waals surface area contributed by atoms with E-state index in [0.717, 1.165) is 24.6 Å². The van der Waals surface area contributed by atoms with Crippen molar-refractivity contribution in [2.45, 2.75) is 37.0 Å². The maximum absolute atomic E-state index is 11.9. The summed E-state index contributed by atoms with van der Waals surface area (Å²) in [6, 6.07) is 0.600. The molecule has 0 spiro atoms. The van der Waals surface area contributed by atoms with Gasteiger partial charge in [0.2, 0.25) is 5.91 Å². The van der Waals surface area contributed by atoms with Crippen molar-refractivity contribution < 1.29 is 4.79 Å². The third-order valence-electron chi connectivity index (χ3n) is 3.64. The van der Waals surface area contributed by atoms with Gasteiger partial charge in [-0.25, -0.2) is 0 Å². The molecule has 0 radical (unpaired) electrons. The number of nitrogens with zero attached hydrogens (tertiary/aromatic N) is 1. The van der Waals surface area contributed by atoms with E-state index in [1.54, 1.807) is 0 Å². The van der Waals surface area contributed by atoms with Crippen molar-refractivity contribution in [2.24, 2.45) is 5.92 Å². The van der Waals surface area contributed by atoms with Crippen LogP contribution in [0.4, 0.5) is 0 Å². The largest absolute Gasteiger partial charge is 0.337 e. The van der Waals surface area contributed by atoms with Crippen LogP contribution < -0.4 is 0 Å². The van der Waals surface area contributed by atoms with Crippen molar-refractivity contribution in [1.29, 1.82) is 0 Å². The van der Waals surface area contributed by atoms with Crippen molar-refractivity contribution in [3.05, 3.63) is 0 Å². The number of hydrogen-bond donors (Lipinski definition) is 0. The first-order valence-corrected chi connectivity index (χ1v) is 6.31. The number of likely N-dealkylation sites (tertiary alicyclic amines) is 1. The second-order valence-electron chi connectivity index (χ2n) is 4.46. The fourth-order valence-electron chi connectivity index (χ4n) is 2.56. The third kappa shape index (κ3) is 1.20. The second kappa shape index (κ2) is 2.91. The maximum atomic E-state index is 11.9. The fourth-order valence-corrected chi connectivity index (χ4v) is 3.99. The molecule has 0 N–H and O–H groups in total. The van der Waals surface area contributed by atoms with E-state index < -0.39 is 0 Å². The van der Waals surface area contributed by atoms with Gasteiger partial charge in [0.25, 0.3) is 0 Å². The van der Waals surface area contributed by atoms with Crippen molar-refractivity contribution >= 4 is 17.7 Å². The van der Waals surface area contributed by atoms with E-state index in [0.29, 0.717) is 17.9 Å². The molecular formula is C10H15NOS. The molecule has 0 aromatic carbocycles. The van der Waals surface area contributed by atoms with Crippen molar-refractivity contribution in [3.8, 4) is 0 Å². The minimum atomic E-state index is 0.407. The molecule has 3 heteroatoms. The highest BCUT2D eigenvalue weighted by Crippen LogP contribution is 2.40. The number of fused-ring (bicyclic) bond motifs is 2. The van der Waals surface area contributed by atoms with Crippen LogP contribution in [0.2, 0.25) is 0 Å². The monoisotopic (exact) mass is 197 g/mol. The number of carbonyl (C=O) groups is 1. The molecule has 2 bridgehead atoms. The summed E-state index contributed by atoms with van der Waals surface area (Å²) in [5, 5.41) is 0.772. The van der Waals surface area contributed by atoms with Gasteiger partial charge in [-0.15, -0.1) is 0 Å². The summed E-state index contributed by atoms with van der Waals surface area (Å²) in [7, 11) is 0. The number of hydrogen-bond acceptors (Lipinski definition) is 2. The van der Waals surface area contributed by atoms with Gasteiger partial charge in [0.1, 0.15) is 0 Å². The molecule has 13 heavy (non-hydrogen) atoms. The number of amides is 1. The van der Waals surface area contributed by atoms with E-state index in [-0.39, 0.29) is 0 Å². The molecule has 72 valence electrons. The van der Waals surface area contributed by atoms with Crippen LogP contribution >= 0.6 is 11.8 Å². The molecule has 2 atom stereocenters. The molecule has 1 amide bonds. The first-order valence-electron chi connectivity index (χ1n) is 5.26.